The molecule has 0 aromatic heterocycles. The largest absolute Gasteiger partial charge is 1.00 e. The molecule has 0 aliphatic carbocycles. The molecule has 2 rings (SSSR count). The van der Waals surface area contributed by atoms with E-state index in [2.05, 4.69) is 5.32 Å². The first kappa shape index (κ1) is 19.2. The first-order valence-corrected chi connectivity index (χ1v) is 7.15. The van der Waals surface area contributed by atoms with Crippen LogP contribution in [0.3, 0.4) is 0 Å². The summed E-state index contributed by atoms with van der Waals surface area (Å²) in [6.45, 7) is 2.87. The summed E-state index contributed by atoms with van der Waals surface area (Å²) in [4.78, 5) is 45.5. The van der Waals surface area contributed by atoms with Crippen molar-refractivity contribution in [1.82, 2.24) is 10.2 Å². The van der Waals surface area contributed by atoms with E-state index in [4.69, 9.17) is 0 Å². The third kappa shape index (κ3) is 3.39. The number of hydrogen-bond acceptors (Lipinski definition) is 7. The number of fused-ring (bicyclic) bond motifs is 1. The first-order valence-electron chi connectivity index (χ1n) is 6.27. The number of carbonyl (C=O) groups excluding carboxylic acids is 3. The number of carboxylic acid groups (broad SMARTS) is 1. The Morgan fingerprint density at radius 1 is 1.45 bits per heavy atom. The molecule has 11 heteroatoms. The molecular weight excluding hydrogens is 325 g/mol. The SMILES string of the molecule is CC1(C)S[C@@H]2[C@H](NC(=O)CC[N+](=O)[O-])C(=O)N2[C@H]1C(=O)[O-].[Na+]. The number of aliphatic carboxylic acids is 1. The zero-order valence-electron chi connectivity index (χ0n) is 12.4. The van der Waals surface area contributed by atoms with E-state index in [9.17, 15) is 29.6 Å². The number of hydrogen-bond donors (Lipinski definition) is 1. The molecule has 2 saturated heterocycles. The van der Waals surface area contributed by atoms with Gasteiger partial charge in [0, 0.05) is 9.67 Å². The topological polar surface area (TPSA) is 133 Å². The van der Waals surface area contributed by atoms with E-state index in [1.54, 1.807) is 13.8 Å². The quantitative estimate of drug-likeness (QED) is 0.229. The number of nitrogens with zero attached hydrogens (tertiary/aromatic N) is 2. The van der Waals surface area contributed by atoms with Crippen molar-refractivity contribution >= 4 is 29.5 Å². The number of carboxylic acids is 1. The summed E-state index contributed by atoms with van der Waals surface area (Å²) in [5.74, 6) is -2.43. The van der Waals surface area contributed by atoms with Crippen molar-refractivity contribution in [2.24, 2.45) is 0 Å². The Morgan fingerprint density at radius 3 is 2.55 bits per heavy atom. The molecule has 0 saturated carbocycles. The molecule has 2 aliphatic rings. The number of amides is 2. The summed E-state index contributed by atoms with van der Waals surface area (Å²) < 4.78 is -0.723. The molecule has 2 fully saturated rings. The minimum Gasteiger partial charge on any atom is -0.548 e. The van der Waals surface area contributed by atoms with Gasteiger partial charge in [-0.3, -0.25) is 19.7 Å². The Bertz CT molecular complexity index is 528. The molecule has 22 heavy (non-hydrogen) atoms. The normalized spacial score (nSPS) is 28.2. The van der Waals surface area contributed by atoms with Crippen LogP contribution in [0.5, 0.6) is 0 Å². The molecule has 2 amide bonds. The number of carbonyl (C=O) groups is 3. The van der Waals surface area contributed by atoms with Gasteiger partial charge in [-0.1, -0.05) is 0 Å². The van der Waals surface area contributed by atoms with Crippen LogP contribution in [-0.4, -0.2) is 56.4 Å². The molecule has 0 spiro atoms. The summed E-state index contributed by atoms with van der Waals surface area (Å²) in [6, 6.07) is -1.88. The molecule has 0 aromatic rings. The second-order valence-electron chi connectivity index (χ2n) is 5.43. The molecule has 2 aliphatic heterocycles. The maximum Gasteiger partial charge on any atom is 1.00 e. The van der Waals surface area contributed by atoms with Crippen molar-refractivity contribution in [2.75, 3.05) is 6.54 Å². The van der Waals surface area contributed by atoms with Crippen LogP contribution in [0, 0.1) is 10.1 Å². The standard InChI is InChI=1S/C11H15N3O6S.Na/c1-11(2)7(10(17)18)14-8(16)6(9(14)21-11)12-5(15)3-4-13(19)20;/h6-7,9H,3-4H2,1-2H3,(H,12,15)(H,17,18);/q;+1/p-1/t6-,7+,9-;/m1./s1. The predicted octanol–water partition coefficient (Wildman–Crippen LogP) is -5.05. The second kappa shape index (κ2) is 6.73. The fraction of sp³-hybridized carbons (Fsp3) is 0.727. The van der Waals surface area contributed by atoms with Crippen LogP contribution in [0.4, 0.5) is 0 Å². The third-order valence-corrected chi connectivity index (χ3v) is 5.07. The van der Waals surface area contributed by atoms with Crippen LogP contribution in [-0.2, 0) is 14.4 Å². The van der Waals surface area contributed by atoms with Crippen molar-refractivity contribution in [2.45, 2.75) is 42.5 Å². The van der Waals surface area contributed by atoms with Crippen molar-refractivity contribution in [3.63, 3.8) is 0 Å². The fourth-order valence-corrected chi connectivity index (χ4v) is 4.19. The number of rotatable bonds is 5. The fourth-order valence-electron chi connectivity index (χ4n) is 2.56. The summed E-state index contributed by atoms with van der Waals surface area (Å²) in [5.41, 5.74) is 0. The predicted molar refractivity (Wildman–Crippen MR) is 69.5 cm³/mol. The summed E-state index contributed by atoms with van der Waals surface area (Å²) in [7, 11) is 0. The van der Waals surface area contributed by atoms with Crippen molar-refractivity contribution < 1.29 is 54.0 Å². The van der Waals surface area contributed by atoms with Crippen molar-refractivity contribution in [3.8, 4) is 0 Å². The molecule has 0 radical (unpaired) electrons. The molecule has 116 valence electrons. The van der Waals surface area contributed by atoms with Crippen LogP contribution in [0.15, 0.2) is 0 Å². The average Bonchev–Trinajstić information content (AvgIpc) is 2.62. The van der Waals surface area contributed by atoms with Gasteiger partial charge in [0.05, 0.1) is 18.4 Å². The molecule has 0 aromatic carbocycles. The van der Waals surface area contributed by atoms with Gasteiger partial charge in [-0.15, -0.1) is 11.8 Å². The second-order valence-corrected chi connectivity index (χ2v) is 7.20. The number of thioether (sulfide) groups is 1. The maximum atomic E-state index is 12.0. The van der Waals surface area contributed by atoms with Crippen LogP contribution >= 0.6 is 11.8 Å². The van der Waals surface area contributed by atoms with Gasteiger partial charge in [-0.05, 0) is 13.8 Å². The molecule has 0 bridgehead atoms. The van der Waals surface area contributed by atoms with Crippen LogP contribution in [0.2, 0.25) is 0 Å². The van der Waals surface area contributed by atoms with Gasteiger partial charge in [0.25, 0.3) is 0 Å². The molecule has 1 N–H and O–H groups in total. The van der Waals surface area contributed by atoms with Crippen molar-refractivity contribution in [1.29, 1.82) is 0 Å². The number of β-lactam (4-membered cyclic amide) rings is 1. The van der Waals surface area contributed by atoms with E-state index >= 15 is 0 Å². The Balaban J connectivity index is 0.00000242. The van der Waals surface area contributed by atoms with Gasteiger partial charge in [0.1, 0.15) is 11.4 Å². The third-order valence-electron chi connectivity index (χ3n) is 3.50. The molecule has 3 atom stereocenters. The minimum atomic E-state index is -1.33. The summed E-state index contributed by atoms with van der Waals surface area (Å²) in [5, 5.41) is 23.3. The van der Waals surface area contributed by atoms with E-state index in [0.29, 0.717) is 0 Å². The van der Waals surface area contributed by atoms with E-state index < -0.39 is 51.5 Å². The van der Waals surface area contributed by atoms with Crippen LogP contribution in [0.1, 0.15) is 20.3 Å². The van der Waals surface area contributed by atoms with E-state index in [1.807, 2.05) is 0 Å². The molecule has 2 heterocycles. The van der Waals surface area contributed by atoms with Crippen LogP contribution < -0.4 is 40.0 Å². The van der Waals surface area contributed by atoms with E-state index in [-0.39, 0.29) is 36.0 Å². The number of nitro groups is 1. The Labute approximate surface area is 152 Å². The smallest absolute Gasteiger partial charge is 0.548 e. The van der Waals surface area contributed by atoms with Gasteiger partial charge in [0.2, 0.25) is 18.4 Å². The summed E-state index contributed by atoms with van der Waals surface area (Å²) >= 11 is 1.27. The zero-order chi connectivity index (χ0) is 15.9. The van der Waals surface area contributed by atoms with Gasteiger partial charge in [-0.2, -0.15) is 0 Å². The van der Waals surface area contributed by atoms with Crippen molar-refractivity contribution in [3.05, 3.63) is 10.1 Å². The maximum absolute atomic E-state index is 12.0. The molecule has 0 unspecified atom stereocenters. The van der Waals surface area contributed by atoms with E-state index in [1.165, 1.54) is 16.7 Å². The van der Waals surface area contributed by atoms with Gasteiger partial charge >= 0.3 is 29.6 Å². The summed E-state index contributed by atoms with van der Waals surface area (Å²) in [6.07, 6.45) is -0.318. The molecular formula is C11H14N3NaO6S. The van der Waals surface area contributed by atoms with Gasteiger partial charge in [-0.25, -0.2) is 0 Å². The average molecular weight is 339 g/mol. The first-order chi connectivity index (χ1) is 9.65. The molecule has 9 nitrogen and oxygen atoms in total. The Kier molecular flexibility index (Phi) is 5.88. The van der Waals surface area contributed by atoms with Gasteiger partial charge < -0.3 is 20.1 Å². The number of nitrogens with one attached hydrogen (secondary N) is 1. The minimum absolute atomic E-state index is 0. The zero-order valence-corrected chi connectivity index (χ0v) is 15.2. The van der Waals surface area contributed by atoms with Gasteiger partial charge in [0.15, 0.2) is 0 Å². The monoisotopic (exact) mass is 339 g/mol. The Morgan fingerprint density at radius 2 is 2.05 bits per heavy atom. The Hall–Kier alpha value is -0.840. The van der Waals surface area contributed by atoms with E-state index in [0.717, 1.165) is 0 Å². The van der Waals surface area contributed by atoms with Crippen LogP contribution in [0.25, 0.3) is 0 Å².